The fourth-order valence-electron chi connectivity index (χ4n) is 3.64. The third-order valence-corrected chi connectivity index (χ3v) is 6.09. The van der Waals surface area contributed by atoms with Crippen molar-refractivity contribution in [3.05, 3.63) is 93.2 Å². The second-order valence-corrected chi connectivity index (χ2v) is 8.73. The van der Waals surface area contributed by atoms with Gasteiger partial charge in [-0.05, 0) is 54.6 Å². The number of carbonyl (C=O) groups excluding carboxylic acids is 2. The smallest absolute Gasteiger partial charge is 0.256 e. The summed E-state index contributed by atoms with van der Waals surface area (Å²) in [7, 11) is 0. The van der Waals surface area contributed by atoms with Crippen LogP contribution in [-0.4, -0.2) is 42.9 Å². The first kappa shape index (κ1) is 22.3. The third kappa shape index (κ3) is 4.95. The fourth-order valence-corrected chi connectivity index (χ4v) is 4.07. The molecule has 0 spiro atoms. The first-order valence-corrected chi connectivity index (χ1v) is 11.2. The van der Waals surface area contributed by atoms with Crippen LogP contribution in [0.3, 0.4) is 0 Å². The molecule has 8 heteroatoms. The van der Waals surface area contributed by atoms with Crippen molar-refractivity contribution in [3.8, 4) is 0 Å². The molecule has 0 bridgehead atoms. The molecular formula is C24H20BrClFN3O2. The molecule has 1 fully saturated rings. The number of anilines is 2. The number of hydrogen-bond acceptors (Lipinski definition) is 3. The molecule has 3 aromatic rings. The van der Waals surface area contributed by atoms with Gasteiger partial charge >= 0.3 is 0 Å². The molecule has 0 saturated carbocycles. The van der Waals surface area contributed by atoms with Gasteiger partial charge in [-0.3, -0.25) is 9.59 Å². The summed E-state index contributed by atoms with van der Waals surface area (Å²) in [5, 5.41) is 3.45. The zero-order chi connectivity index (χ0) is 22.7. The van der Waals surface area contributed by atoms with Gasteiger partial charge in [0.25, 0.3) is 11.8 Å². The van der Waals surface area contributed by atoms with Gasteiger partial charge in [0.15, 0.2) is 0 Å². The van der Waals surface area contributed by atoms with Gasteiger partial charge in [0.05, 0.1) is 16.9 Å². The summed E-state index contributed by atoms with van der Waals surface area (Å²) < 4.78 is 14.9. The highest BCUT2D eigenvalue weighted by molar-refractivity contribution is 9.10. The Bertz CT molecular complexity index is 1150. The van der Waals surface area contributed by atoms with Crippen molar-refractivity contribution in [1.82, 2.24) is 4.90 Å². The van der Waals surface area contributed by atoms with Crippen LogP contribution >= 0.6 is 27.5 Å². The molecule has 1 heterocycles. The number of nitrogens with zero attached hydrogens (tertiary/aromatic N) is 2. The molecule has 0 unspecified atom stereocenters. The van der Waals surface area contributed by atoms with Gasteiger partial charge in [0.1, 0.15) is 5.82 Å². The van der Waals surface area contributed by atoms with Crippen molar-refractivity contribution >= 4 is 50.7 Å². The van der Waals surface area contributed by atoms with Crippen LogP contribution < -0.4 is 10.2 Å². The number of amides is 2. The maximum absolute atomic E-state index is 14.0. The maximum Gasteiger partial charge on any atom is 0.256 e. The molecule has 1 aliphatic rings. The van der Waals surface area contributed by atoms with Crippen LogP contribution in [0.5, 0.6) is 0 Å². The molecule has 3 aromatic carbocycles. The maximum atomic E-state index is 14.0. The van der Waals surface area contributed by atoms with Gasteiger partial charge in [0.2, 0.25) is 0 Å². The van der Waals surface area contributed by atoms with Crippen LogP contribution in [0.2, 0.25) is 5.02 Å². The summed E-state index contributed by atoms with van der Waals surface area (Å²) in [5.41, 5.74) is 2.02. The van der Waals surface area contributed by atoms with E-state index in [2.05, 4.69) is 26.1 Å². The molecule has 4 rings (SSSR count). The van der Waals surface area contributed by atoms with Crippen LogP contribution in [0, 0.1) is 5.82 Å². The topological polar surface area (TPSA) is 52.7 Å². The fraction of sp³-hybridized carbons (Fsp3) is 0.167. The van der Waals surface area contributed by atoms with Crippen molar-refractivity contribution < 1.29 is 14.0 Å². The minimum atomic E-state index is -0.518. The van der Waals surface area contributed by atoms with E-state index in [-0.39, 0.29) is 17.4 Å². The molecule has 164 valence electrons. The number of carbonyl (C=O) groups is 2. The molecular weight excluding hydrogens is 497 g/mol. The molecule has 32 heavy (non-hydrogen) atoms. The van der Waals surface area contributed by atoms with E-state index in [1.807, 2.05) is 6.07 Å². The second-order valence-electron chi connectivity index (χ2n) is 7.38. The Labute approximate surface area is 198 Å². The van der Waals surface area contributed by atoms with Crippen LogP contribution in [0.4, 0.5) is 15.8 Å². The normalized spacial score (nSPS) is 13.7. The highest BCUT2D eigenvalue weighted by Gasteiger charge is 2.25. The van der Waals surface area contributed by atoms with E-state index >= 15 is 0 Å². The highest BCUT2D eigenvalue weighted by Crippen LogP contribution is 2.31. The summed E-state index contributed by atoms with van der Waals surface area (Å²) in [4.78, 5) is 29.1. The molecule has 0 atom stereocenters. The molecule has 1 saturated heterocycles. The van der Waals surface area contributed by atoms with Crippen molar-refractivity contribution in [2.24, 2.45) is 0 Å². The molecule has 1 N–H and O–H groups in total. The summed E-state index contributed by atoms with van der Waals surface area (Å²) in [5.74, 6) is -1.08. The Morgan fingerprint density at radius 3 is 2.31 bits per heavy atom. The lowest BCUT2D eigenvalue weighted by Gasteiger charge is -2.37. The number of halogens is 3. The number of hydrogen-bond donors (Lipinski definition) is 1. The zero-order valence-electron chi connectivity index (χ0n) is 17.0. The number of piperazine rings is 1. The van der Waals surface area contributed by atoms with Crippen molar-refractivity contribution in [2.45, 2.75) is 0 Å². The van der Waals surface area contributed by atoms with E-state index in [9.17, 15) is 14.0 Å². The molecule has 0 aromatic heterocycles. The Morgan fingerprint density at radius 1 is 0.938 bits per heavy atom. The van der Waals surface area contributed by atoms with Gasteiger partial charge < -0.3 is 15.1 Å². The summed E-state index contributed by atoms with van der Waals surface area (Å²) in [6, 6.07) is 18.4. The molecule has 5 nitrogen and oxygen atoms in total. The van der Waals surface area contributed by atoms with Crippen LogP contribution in [-0.2, 0) is 0 Å². The van der Waals surface area contributed by atoms with Crippen LogP contribution in [0.1, 0.15) is 20.7 Å². The quantitative estimate of drug-likeness (QED) is 0.501. The predicted octanol–water partition coefficient (Wildman–Crippen LogP) is 5.46. The van der Waals surface area contributed by atoms with Gasteiger partial charge in [-0.25, -0.2) is 4.39 Å². The van der Waals surface area contributed by atoms with E-state index in [0.29, 0.717) is 42.5 Å². The van der Waals surface area contributed by atoms with Gasteiger partial charge in [0, 0.05) is 41.2 Å². The average Bonchev–Trinajstić information content (AvgIpc) is 2.80. The minimum absolute atomic E-state index is 0.0786. The standard InChI is InChI=1S/C24H20BrClFN3O2/c25-17-7-5-16(6-8-17)23(31)28-21-15-18(26)9-10-22(21)29-11-13-30(14-12-29)24(32)19-3-1-2-4-20(19)27/h1-10,15H,11-14H2,(H,28,31). The van der Waals surface area contributed by atoms with Crippen LogP contribution in [0.15, 0.2) is 71.2 Å². The number of benzene rings is 3. The summed E-state index contributed by atoms with van der Waals surface area (Å²) >= 11 is 9.55. The van der Waals surface area contributed by atoms with E-state index < -0.39 is 5.82 Å². The first-order chi connectivity index (χ1) is 15.4. The van der Waals surface area contributed by atoms with Gasteiger partial charge in [-0.2, -0.15) is 0 Å². The third-order valence-electron chi connectivity index (χ3n) is 5.33. The molecule has 2 amide bonds. The van der Waals surface area contributed by atoms with Crippen LogP contribution in [0.25, 0.3) is 0 Å². The lowest BCUT2D eigenvalue weighted by Crippen LogP contribution is -2.49. The number of nitrogens with one attached hydrogen (secondary N) is 1. The van der Waals surface area contributed by atoms with Crippen molar-refractivity contribution in [3.63, 3.8) is 0 Å². The van der Waals surface area contributed by atoms with E-state index in [0.717, 1.165) is 10.2 Å². The Morgan fingerprint density at radius 2 is 1.62 bits per heavy atom. The van der Waals surface area contributed by atoms with E-state index in [1.54, 1.807) is 53.4 Å². The number of rotatable bonds is 4. The van der Waals surface area contributed by atoms with Crippen molar-refractivity contribution in [1.29, 1.82) is 0 Å². The lowest BCUT2D eigenvalue weighted by molar-refractivity contribution is 0.0742. The predicted molar refractivity (Wildman–Crippen MR) is 128 cm³/mol. The average molecular weight is 517 g/mol. The molecule has 0 radical (unpaired) electrons. The minimum Gasteiger partial charge on any atom is -0.366 e. The zero-order valence-corrected chi connectivity index (χ0v) is 19.4. The summed E-state index contributed by atoms with van der Waals surface area (Å²) in [6.45, 7) is 1.97. The highest BCUT2D eigenvalue weighted by atomic mass is 79.9. The monoisotopic (exact) mass is 515 g/mol. The Kier molecular flexibility index (Phi) is 6.77. The molecule has 1 aliphatic heterocycles. The lowest BCUT2D eigenvalue weighted by atomic mass is 10.1. The largest absolute Gasteiger partial charge is 0.366 e. The Balaban J connectivity index is 1.48. The second kappa shape index (κ2) is 9.71. The molecule has 0 aliphatic carbocycles. The van der Waals surface area contributed by atoms with Crippen molar-refractivity contribution in [2.75, 3.05) is 36.4 Å². The van der Waals surface area contributed by atoms with Gasteiger partial charge in [-0.15, -0.1) is 0 Å². The van der Waals surface area contributed by atoms with Gasteiger partial charge in [-0.1, -0.05) is 39.7 Å². The first-order valence-electron chi connectivity index (χ1n) is 10.1. The van der Waals surface area contributed by atoms with E-state index in [4.69, 9.17) is 11.6 Å². The summed E-state index contributed by atoms with van der Waals surface area (Å²) in [6.07, 6.45) is 0. The van der Waals surface area contributed by atoms with E-state index in [1.165, 1.54) is 12.1 Å². The SMILES string of the molecule is O=C(Nc1cc(Cl)ccc1N1CCN(C(=O)c2ccccc2F)CC1)c1ccc(Br)cc1. The Hall–Kier alpha value is -2.90.